The van der Waals surface area contributed by atoms with Gasteiger partial charge in [-0.15, -0.1) is 0 Å². The molecule has 0 spiro atoms. The highest BCUT2D eigenvalue weighted by Gasteiger charge is 2.42. The van der Waals surface area contributed by atoms with Gasteiger partial charge in [-0.25, -0.2) is 8.42 Å². The van der Waals surface area contributed by atoms with Crippen molar-refractivity contribution >= 4 is 15.7 Å². The first-order valence-corrected chi connectivity index (χ1v) is 11.7. The van der Waals surface area contributed by atoms with E-state index in [-0.39, 0.29) is 29.5 Å². The Kier molecular flexibility index (Phi) is 5.06. The Morgan fingerprint density at radius 3 is 2.54 bits per heavy atom. The van der Waals surface area contributed by atoms with E-state index in [9.17, 15) is 13.2 Å². The second kappa shape index (κ2) is 7.31. The van der Waals surface area contributed by atoms with Crippen LogP contribution in [0.25, 0.3) is 0 Å². The fourth-order valence-electron chi connectivity index (χ4n) is 4.74. The van der Waals surface area contributed by atoms with Gasteiger partial charge in [0, 0.05) is 6.04 Å². The number of likely N-dealkylation sites (tertiary alicyclic amines) is 1. The first-order valence-electron chi connectivity index (χ1n) is 9.85. The lowest BCUT2D eigenvalue weighted by molar-refractivity contribution is -0.121. The Balaban J connectivity index is 1.42. The monoisotopic (exact) mass is 376 g/mol. The number of fused-ring (bicyclic) bond motifs is 1. The van der Waals surface area contributed by atoms with E-state index >= 15 is 0 Å². The molecule has 1 aliphatic carbocycles. The van der Waals surface area contributed by atoms with E-state index in [1.165, 1.54) is 24.0 Å². The van der Waals surface area contributed by atoms with E-state index in [4.69, 9.17) is 0 Å². The van der Waals surface area contributed by atoms with Crippen LogP contribution in [0.5, 0.6) is 0 Å². The predicted molar refractivity (Wildman–Crippen MR) is 102 cm³/mol. The smallest absolute Gasteiger partial charge is 0.224 e. The van der Waals surface area contributed by atoms with Crippen molar-refractivity contribution in [2.75, 3.05) is 24.6 Å². The van der Waals surface area contributed by atoms with Crippen molar-refractivity contribution < 1.29 is 13.2 Å². The lowest BCUT2D eigenvalue weighted by atomic mass is 9.90. The summed E-state index contributed by atoms with van der Waals surface area (Å²) in [7, 11) is -3.07. The Hall–Kier alpha value is -1.40. The van der Waals surface area contributed by atoms with Crippen LogP contribution >= 0.6 is 0 Å². The molecule has 3 aliphatic rings. The van der Waals surface area contributed by atoms with Gasteiger partial charge in [0.25, 0.3) is 0 Å². The van der Waals surface area contributed by atoms with E-state index in [1.807, 2.05) is 6.07 Å². The molecule has 2 aliphatic heterocycles. The van der Waals surface area contributed by atoms with E-state index in [0.29, 0.717) is 6.42 Å². The maximum absolute atomic E-state index is 12.6. The van der Waals surface area contributed by atoms with Gasteiger partial charge in [-0.1, -0.05) is 18.2 Å². The molecule has 1 amide bonds. The molecule has 0 unspecified atom stereocenters. The van der Waals surface area contributed by atoms with Gasteiger partial charge in [0.15, 0.2) is 9.84 Å². The lowest BCUT2D eigenvalue weighted by Crippen LogP contribution is -2.50. The normalized spacial score (nSPS) is 28.0. The zero-order valence-corrected chi connectivity index (χ0v) is 16.1. The fraction of sp³-hybridized carbons (Fsp3) is 0.650. The molecule has 1 aromatic rings. The van der Waals surface area contributed by atoms with Crippen LogP contribution in [0.4, 0.5) is 0 Å². The Labute approximate surface area is 156 Å². The van der Waals surface area contributed by atoms with Gasteiger partial charge in [0.1, 0.15) is 0 Å². The summed E-state index contributed by atoms with van der Waals surface area (Å²) in [6.07, 6.45) is 7.28. The van der Waals surface area contributed by atoms with E-state index in [2.05, 4.69) is 22.3 Å². The molecule has 2 fully saturated rings. The van der Waals surface area contributed by atoms with Crippen molar-refractivity contribution in [3.63, 3.8) is 0 Å². The van der Waals surface area contributed by atoms with Crippen molar-refractivity contribution in [3.8, 4) is 0 Å². The largest absolute Gasteiger partial charge is 0.350 e. The van der Waals surface area contributed by atoms with Crippen molar-refractivity contribution in [1.82, 2.24) is 10.2 Å². The number of nitrogens with zero attached hydrogens (tertiary/aromatic N) is 1. The van der Waals surface area contributed by atoms with Gasteiger partial charge in [-0.2, -0.15) is 0 Å². The average molecular weight is 377 g/mol. The highest BCUT2D eigenvalue weighted by Crippen LogP contribution is 2.24. The van der Waals surface area contributed by atoms with Gasteiger partial charge in [-0.3, -0.25) is 9.69 Å². The summed E-state index contributed by atoms with van der Waals surface area (Å²) in [5.41, 5.74) is 3.82. The van der Waals surface area contributed by atoms with Gasteiger partial charge in [0.2, 0.25) is 5.91 Å². The van der Waals surface area contributed by atoms with Gasteiger partial charge in [0.05, 0.1) is 24.0 Å². The van der Waals surface area contributed by atoms with Crippen LogP contribution in [-0.4, -0.2) is 55.9 Å². The number of carbonyl (C=O) groups is 1. The number of rotatable bonds is 4. The maximum atomic E-state index is 12.6. The number of hydrogen-bond donors (Lipinski definition) is 1. The molecule has 4 rings (SSSR count). The summed E-state index contributed by atoms with van der Waals surface area (Å²) < 4.78 is 24.3. The lowest BCUT2D eigenvalue weighted by Gasteiger charge is -2.28. The molecule has 5 nitrogen and oxygen atoms in total. The number of sulfone groups is 1. The molecular weight excluding hydrogens is 348 g/mol. The Morgan fingerprint density at radius 1 is 1.04 bits per heavy atom. The minimum absolute atomic E-state index is 0.0602. The van der Waals surface area contributed by atoms with E-state index < -0.39 is 9.84 Å². The van der Waals surface area contributed by atoms with Crippen LogP contribution in [0.1, 0.15) is 42.4 Å². The molecule has 6 heteroatoms. The highest BCUT2D eigenvalue weighted by molar-refractivity contribution is 7.91. The van der Waals surface area contributed by atoms with Crippen LogP contribution in [0.3, 0.4) is 0 Å². The van der Waals surface area contributed by atoms with Crippen molar-refractivity contribution in [2.45, 2.75) is 57.0 Å². The highest BCUT2D eigenvalue weighted by atomic mass is 32.2. The van der Waals surface area contributed by atoms with E-state index in [0.717, 1.165) is 44.3 Å². The van der Waals surface area contributed by atoms with E-state index in [1.54, 1.807) is 0 Å². The number of benzene rings is 1. The average Bonchev–Trinajstić information content (AvgIpc) is 3.22. The summed E-state index contributed by atoms with van der Waals surface area (Å²) >= 11 is 0. The van der Waals surface area contributed by atoms with Crippen LogP contribution in [-0.2, 0) is 33.9 Å². The number of carbonyl (C=O) groups excluding carboxylic acids is 1. The van der Waals surface area contributed by atoms with Crippen LogP contribution < -0.4 is 5.32 Å². The second-order valence-corrected chi connectivity index (χ2v) is 10.2. The third-order valence-corrected chi connectivity index (χ3v) is 7.77. The molecule has 1 N–H and O–H groups in total. The quantitative estimate of drug-likeness (QED) is 0.865. The van der Waals surface area contributed by atoms with Gasteiger partial charge >= 0.3 is 0 Å². The summed E-state index contributed by atoms with van der Waals surface area (Å²) in [4.78, 5) is 14.8. The molecular formula is C20H28N2O3S. The van der Waals surface area contributed by atoms with Gasteiger partial charge in [-0.05, 0) is 68.3 Å². The number of nitrogens with one attached hydrogen (secondary N) is 1. The summed E-state index contributed by atoms with van der Waals surface area (Å²) in [5.74, 6) is 0.188. The maximum Gasteiger partial charge on any atom is 0.224 e. The number of aryl methyl sites for hydroxylation is 2. The summed E-state index contributed by atoms with van der Waals surface area (Å²) in [6, 6.07) is 6.03. The summed E-state index contributed by atoms with van der Waals surface area (Å²) in [5, 5.41) is 3.03. The van der Waals surface area contributed by atoms with Crippen LogP contribution in [0.2, 0.25) is 0 Å². The minimum Gasteiger partial charge on any atom is -0.350 e. The topological polar surface area (TPSA) is 66.5 Å². The standard InChI is InChI=1S/C20H28N2O3S/c23-20(12-15-7-8-16-5-1-2-6-17(16)11-15)21-18-13-26(24,25)14-19(18)22-9-3-4-10-22/h7-8,11,18-19H,1-6,9-10,12-14H2,(H,21,23)/t18-,19+/m0/s1. The molecule has 0 bridgehead atoms. The zero-order chi connectivity index (χ0) is 18.1. The third kappa shape index (κ3) is 3.96. The molecule has 0 saturated carbocycles. The SMILES string of the molecule is O=C(Cc1ccc2c(c1)CCCC2)N[C@H]1CS(=O)(=O)C[C@H]1N1CCCC1. The molecule has 26 heavy (non-hydrogen) atoms. The second-order valence-electron chi connectivity index (χ2n) is 8.05. The molecule has 2 atom stereocenters. The van der Waals surface area contributed by atoms with Gasteiger partial charge < -0.3 is 5.32 Å². The third-order valence-electron chi connectivity index (χ3n) is 6.06. The predicted octanol–water partition coefficient (Wildman–Crippen LogP) is 1.49. The number of hydrogen-bond acceptors (Lipinski definition) is 4. The first-order chi connectivity index (χ1) is 12.5. The first kappa shape index (κ1) is 18.0. The minimum atomic E-state index is -3.07. The molecule has 2 saturated heterocycles. The molecule has 1 aromatic carbocycles. The fourth-order valence-corrected chi connectivity index (χ4v) is 6.69. The molecule has 2 heterocycles. The number of amides is 1. The summed E-state index contributed by atoms with van der Waals surface area (Å²) in [6.45, 7) is 1.88. The van der Waals surface area contributed by atoms with Crippen molar-refractivity contribution in [3.05, 3.63) is 34.9 Å². The Bertz CT molecular complexity index is 784. The Morgan fingerprint density at radius 2 is 1.77 bits per heavy atom. The van der Waals surface area contributed by atoms with Crippen LogP contribution in [0, 0.1) is 0 Å². The van der Waals surface area contributed by atoms with Crippen molar-refractivity contribution in [2.24, 2.45) is 0 Å². The zero-order valence-electron chi connectivity index (χ0n) is 15.2. The molecule has 142 valence electrons. The van der Waals surface area contributed by atoms with Crippen LogP contribution in [0.15, 0.2) is 18.2 Å². The van der Waals surface area contributed by atoms with Crippen molar-refractivity contribution in [1.29, 1.82) is 0 Å². The molecule has 0 radical (unpaired) electrons. The molecule has 0 aromatic heterocycles.